The number of hydroxylamine groups is 2. The second kappa shape index (κ2) is 19.6. The van der Waals surface area contributed by atoms with Gasteiger partial charge in [-0.2, -0.15) is 0 Å². The lowest BCUT2D eigenvalue weighted by Gasteiger charge is -2.35. The molecular weight excluding hydrogens is 486 g/mol. The number of carbonyl (C=O) groups excluding carboxylic acids is 1. The van der Waals surface area contributed by atoms with Gasteiger partial charge in [0.25, 0.3) is 11.0 Å². The molecule has 1 aliphatic heterocycles. The van der Waals surface area contributed by atoms with Crippen LogP contribution in [0.2, 0.25) is 0 Å². The maximum absolute atomic E-state index is 12.6. The van der Waals surface area contributed by atoms with Crippen molar-refractivity contribution in [3.05, 3.63) is 34.0 Å². The Labute approximate surface area is 228 Å². The van der Waals surface area contributed by atoms with Crippen LogP contribution in [0.5, 0.6) is 0 Å². The van der Waals surface area contributed by atoms with Crippen molar-refractivity contribution in [3.63, 3.8) is 0 Å². The second-order valence-electron chi connectivity index (χ2n) is 10.3. The summed E-state index contributed by atoms with van der Waals surface area (Å²) in [6.07, 6.45) is 17.0. The van der Waals surface area contributed by atoms with E-state index >= 15 is 0 Å². The SMILES string of the molecule is CCCCN1CCN(c2ccc(C(=O)N(O)CCCCCCCCCCCCCCO[N+](=O)[O-])cn2)CC1. The van der Waals surface area contributed by atoms with Crippen LogP contribution < -0.4 is 4.90 Å². The Kier molecular flexibility index (Phi) is 16.4. The summed E-state index contributed by atoms with van der Waals surface area (Å²) in [5.41, 5.74) is 0.419. The van der Waals surface area contributed by atoms with E-state index in [4.69, 9.17) is 0 Å². The highest BCUT2D eigenvalue weighted by atomic mass is 16.9. The van der Waals surface area contributed by atoms with E-state index in [2.05, 4.69) is 26.5 Å². The van der Waals surface area contributed by atoms with Crippen LogP contribution in [0, 0.1) is 10.1 Å². The predicted octanol–water partition coefficient (Wildman–Crippen LogP) is 5.72. The smallest absolute Gasteiger partial charge is 0.294 e. The fourth-order valence-electron chi connectivity index (χ4n) is 4.80. The van der Waals surface area contributed by atoms with Crippen molar-refractivity contribution >= 4 is 11.7 Å². The van der Waals surface area contributed by atoms with Gasteiger partial charge in [-0.1, -0.05) is 77.6 Å². The Bertz CT molecular complexity index is 771. The zero-order chi connectivity index (χ0) is 27.4. The van der Waals surface area contributed by atoms with E-state index in [9.17, 15) is 20.1 Å². The van der Waals surface area contributed by atoms with Crippen LogP contribution in [0.3, 0.4) is 0 Å². The number of nitrogens with zero attached hydrogens (tertiary/aromatic N) is 5. The fraction of sp³-hybridized carbons (Fsp3) is 0.786. The minimum Gasteiger partial charge on any atom is -0.354 e. The first-order chi connectivity index (χ1) is 18.5. The van der Waals surface area contributed by atoms with E-state index in [1.54, 1.807) is 12.3 Å². The zero-order valence-corrected chi connectivity index (χ0v) is 23.4. The molecular formula is C28H49N5O5. The summed E-state index contributed by atoms with van der Waals surface area (Å²) in [5, 5.41) is 20.4. The maximum Gasteiger partial charge on any atom is 0.294 e. The minimum absolute atomic E-state index is 0.205. The van der Waals surface area contributed by atoms with Gasteiger partial charge in [-0.25, -0.2) is 10.0 Å². The molecule has 2 heterocycles. The first-order valence-electron chi connectivity index (χ1n) is 14.7. The Morgan fingerprint density at radius 3 is 2.05 bits per heavy atom. The van der Waals surface area contributed by atoms with E-state index in [0.29, 0.717) is 12.1 Å². The van der Waals surface area contributed by atoms with Crippen LogP contribution in [0.25, 0.3) is 0 Å². The number of aromatic nitrogens is 1. The number of amides is 1. The van der Waals surface area contributed by atoms with Crippen molar-refractivity contribution in [1.29, 1.82) is 0 Å². The number of pyridine rings is 1. The molecule has 0 aliphatic carbocycles. The average molecular weight is 536 g/mol. The van der Waals surface area contributed by atoms with Gasteiger partial charge < -0.3 is 9.74 Å². The number of unbranched alkanes of at least 4 members (excludes halogenated alkanes) is 12. The number of hydrogen-bond acceptors (Lipinski definition) is 8. The maximum atomic E-state index is 12.6. The lowest BCUT2D eigenvalue weighted by Crippen LogP contribution is -2.46. The number of piperazine rings is 1. The topological polar surface area (TPSA) is 112 Å². The van der Waals surface area contributed by atoms with E-state index < -0.39 is 11.0 Å². The number of anilines is 1. The van der Waals surface area contributed by atoms with E-state index in [1.165, 1.54) is 51.4 Å². The van der Waals surface area contributed by atoms with Crippen LogP contribution >= 0.6 is 0 Å². The van der Waals surface area contributed by atoms with Gasteiger partial charge in [-0.3, -0.25) is 14.9 Å². The third-order valence-corrected chi connectivity index (χ3v) is 7.21. The van der Waals surface area contributed by atoms with Crippen molar-refractivity contribution in [2.75, 3.05) is 50.8 Å². The molecule has 1 aromatic rings. The van der Waals surface area contributed by atoms with Crippen LogP contribution in [-0.4, -0.2) is 77.0 Å². The summed E-state index contributed by atoms with van der Waals surface area (Å²) in [4.78, 5) is 36.2. The summed E-state index contributed by atoms with van der Waals surface area (Å²) in [5.74, 6) is 0.500. The van der Waals surface area contributed by atoms with Crippen LogP contribution in [0.15, 0.2) is 18.3 Å². The third-order valence-electron chi connectivity index (χ3n) is 7.21. The highest BCUT2D eigenvalue weighted by molar-refractivity contribution is 5.93. The molecule has 2 rings (SSSR count). The number of hydrogen-bond donors (Lipinski definition) is 1. The van der Waals surface area contributed by atoms with Crippen LogP contribution in [-0.2, 0) is 4.84 Å². The summed E-state index contributed by atoms with van der Waals surface area (Å²) in [7, 11) is 0. The van der Waals surface area contributed by atoms with Gasteiger partial charge in [0.2, 0.25) is 0 Å². The number of carbonyl (C=O) groups is 1. The standard InChI is InChI=1S/C28H49N5O5/c1-2-3-18-30-20-22-31(23-21-30)27-17-16-26(25-29-27)28(34)32(35)19-14-12-10-8-6-4-5-7-9-11-13-15-24-38-33(36)37/h16-17,25,35H,2-15,18-24H2,1H3. The fourth-order valence-corrected chi connectivity index (χ4v) is 4.80. The lowest BCUT2D eigenvalue weighted by molar-refractivity contribution is -0.757. The molecule has 0 unspecified atom stereocenters. The zero-order valence-electron chi connectivity index (χ0n) is 23.4. The van der Waals surface area contributed by atoms with Gasteiger partial charge in [0.15, 0.2) is 0 Å². The molecule has 10 nitrogen and oxygen atoms in total. The lowest BCUT2D eigenvalue weighted by atomic mass is 10.1. The highest BCUT2D eigenvalue weighted by Gasteiger charge is 2.19. The van der Waals surface area contributed by atoms with Crippen LogP contribution in [0.1, 0.15) is 107 Å². The minimum atomic E-state index is -0.728. The van der Waals surface area contributed by atoms with Crippen molar-refractivity contribution in [2.45, 2.75) is 96.8 Å². The molecule has 0 spiro atoms. The molecule has 1 N–H and O–H groups in total. The molecule has 38 heavy (non-hydrogen) atoms. The van der Waals surface area contributed by atoms with Gasteiger partial charge in [0, 0.05) is 38.9 Å². The van der Waals surface area contributed by atoms with E-state index in [1.807, 2.05) is 6.07 Å². The van der Waals surface area contributed by atoms with Crippen molar-refractivity contribution in [2.24, 2.45) is 0 Å². The monoisotopic (exact) mass is 535 g/mol. The molecule has 0 saturated carbocycles. The van der Waals surface area contributed by atoms with E-state index in [0.717, 1.165) is 82.1 Å². The molecule has 0 bridgehead atoms. The molecule has 216 valence electrons. The molecule has 1 aromatic heterocycles. The molecule has 1 aliphatic rings. The summed E-state index contributed by atoms with van der Waals surface area (Å²) >= 11 is 0. The summed E-state index contributed by atoms with van der Waals surface area (Å²) < 4.78 is 0. The molecule has 10 heteroatoms. The third kappa shape index (κ3) is 13.4. The normalized spacial score (nSPS) is 14.0. The molecule has 1 amide bonds. The van der Waals surface area contributed by atoms with Crippen LogP contribution in [0.4, 0.5) is 5.82 Å². The van der Waals surface area contributed by atoms with Gasteiger partial charge in [0.1, 0.15) is 5.82 Å². The molecule has 0 radical (unpaired) electrons. The second-order valence-corrected chi connectivity index (χ2v) is 10.3. The molecule has 1 saturated heterocycles. The largest absolute Gasteiger partial charge is 0.354 e. The first-order valence-corrected chi connectivity index (χ1v) is 14.7. The average Bonchev–Trinajstić information content (AvgIpc) is 2.93. The summed E-state index contributed by atoms with van der Waals surface area (Å²) in [6, 6.07) is 3.65. The Morgan fingerprint density at radius 1 is 0.947 bits per heavy atom. The van der Waals surface area contributed by atoms with Crippen molar-refractivity contribution in [1.82, 2.24) is 14.9 Å². The van der Waals surface area contributed by atoms with E-state index in [-0.39, 0.29) is 6.61 Å². The Hall–Kier alpha value is -2.46. The van der Waals surface area contributed by atoms with Gasteiger partial charge >= 0.3 is 0 Å². The first kappa shape index (κ1) is 31.8. The highest BCUT2D eigenvalue weighted by Crippen LogP contribution is 2.16. The molecule has 0 atom stereocenters. The van der Waals surface area contributed by atoms with Gasteiger partial charge in [-0.05, 0) is 37.9 Å². The Morgan fingerprint density at radius 2 is 1.53 bits per heavy atom. The van der Waals surface area contributed by atoms with Crippen molar-refractivity contribution in [3.8, 4) is 0 Å². The number of rotatable bonds is 21. The Balaban J connectivity index is 1.47. The van der Waals surface area contributed by atoms with Gasteiger partial charge in [0.05, 0.1) is 12.2 Å². The molecule has 0 aromatic carbocycles. The predicted molar refractivity (Wildman–Crippen MR) is 149 cm³/mol. The summed E-state index contributed by atoms with van der Waals surface area (Å²) in [6.45, 7) is 7.90. The van der Waals surface area contributed by atoms with Gasteiger partial charge in [-0.15, -0.1) is 10.1 Å². The van der Waals surface area contributed by atoms with Crippen molar-refractivity contribution < 1.29 is 19.9 Å². The quantitative estimate of drug-likeness (QED) is 0.0920. The molecule has 1 fully saturated rings.